The van der Waals surface area contributed by atoms with E-state index in [1.807, 2.05) is 74.5 Å². The van der Waals surface area contributed by atoms with E-state index in [0.717, 1.165) is 54.3 Å². The fourth-order valence-electron chi connectivity index (χ4n) is 4.70. The summed E-state index contributed by atoms with van der Waals surface area (Å²) < 4.78 is 39.9. The number of carbonyl (C=O) groups is 2. The first-order valence-corrected chi connectivity index (χ1v) is 17.3. The molecule has 3 atom stereocenters. The number of aliphatic carboxylic acids is 1. The van der Waals surface area contributed by atoms with Crippen molar-refractivity contribution in [2.45, 2.75) is 77.6 Å². The van der Waals surface area contributed by atoms with Gasteiger partial charge in [-0.25, -0.2) is 0 Å². The summed E-state index contributed by atoms with van der Waals surface area (Å²) in [6.45, 7) is 5.70. The number of carboxylic acids is 1. The van der Waals surface area contributed by atoms with Crippen molar-refractivity contribution in [2.75, 3.05) is 19.9 Å². The van der Waals surface area contributed by atoms with E-state index in [1.165, 1.54) is 0 Å². The molecular formula is C34H45O10P. The molecule has 2 unspecified atom stereocenters. The van der Waals surface area contributed by atoms with Gasteiger partial charge in [-0.1, -0.05) is 56.3 Å². The summed E-state index contributed by atoms with van der Waals surface area (Å²) in [5.74, 6) is 1.62. The van der Waals surface area contributed by atoms with Gasteiger partial charge in [0.15, 0.2) is 0 Å². The Labute approximate surface area is 265 Å². The van der Waals surface area contributed by atoms with Crippen molar-refractivity contribution < 1.29 is 47.6 Å². The maximum Gasteiger partial charge on any atom is 0.325 e. The molecule has 2 aromatic carbocycles. The molecule has 0 spiro atoms. The Morgan fingerprint density at radius 3 is 2.53 bits per heavy atom. The van der Waals surface area contributed by atoms with Crippen LogP contribution in [0.2, 0.25) is 0 Å². The number of esters is 1. The monoisotopic (exact) mass is 644 g/mol. The zero-order chi connectivity index (χ0) is 32.7. The molecule has 2 aliphatic rings. The quantitative estimate of drug-likeness (QED) is 0.158. The molecule has 11 heteroatoms. The Hall–Kier alpha value is -3.43. The average molecular weight is 645 g/mol. The number of para-hydroxylation sites is 1. The van der Waals surface area contributed by atoms with Gasteiger partial charge in [-0.05, 0) is 67.0 Å². The molecule has 45 heavy (non-hydrogen) atoms. The number of allylic oxidation sites excluding steroid dienone is 4. The number of hydrogen-bond donors (Lipinski definition) is 2. The van der Waals surface area contributed by atoms with Crippen LogP contribution in [0.1, 0.15) is 64.4 Å². The van der Waals surface area contributed by atoms with Gasteiger partial charge in [0.2, 0.25) is 0 Å². The van der Waals surface area contributed by atoms with Gasteiger partial charge in [0, 0.05) is 32.5 Å². The highest BCUT2D eigenvalue weighted by molar-refractivity contribution is 7.51. The van der Waals surface area contributed by atoms with Crippen molar-refractivity contribution in [1.29, 1.82) is 0 Å². The smallest absolute Gasteiger partial charge is 0.325 e. The molecule has 246 valence electrons. The molecule has 2 aromatic rings. The summed E-state index contributed by atoms with van der Waals surface area (Å²) in [5, 5.41) is 8.08. The standard InChI is InChI=1S/C29H35O8P.C5H10O2/c1-38(31,32)35-21-28-27(15-8-18-33-28)37-29(30)17-16-23-10-5-6-14-26(23)34-20-22-9-7-13-25(19-22)36-24-11-3-2-4-12-24;1-4(2)3-5(6)7/h2-5,7,9-13,19,27-28H,6,8,14-18,20-21H2,1H3,(H,31,32);4H,3H2,1-2H3,(H,6,7)/t27-,28?;/m0./s1. The van der Waals surface area contributed by atoms with Crippen LogP contribution >= 0.6 is 7.60 Å². The highest BCUT2D eigenvalue weighted by atomic mass is 31.2. The van der Waals surface area contributed by atoms with Gasteiger partial charge in [0.25, 0.3) is 0 Å². The second-order valence-corrected chi connectivity index (χ2v) is 13.3. The van der Waals surface area contributed by atoms with Crippen LogP contribution in [0.25, 0.3) is 0 Å². The summed E-state index contributed by atoms with van der Waals surface area (Å²) >= 11 is 0. The Bertz CT molecular complexity index is 1330. The van der Waals surface area contributed by atoms with Gasteiger partial charge in [-0.15, -0.1) is 0 Å². The highest BCUT2D eigenvalue weighted by Gasteiger charge is 2.31. The SMILES string of the molecule is CC(C)CC(=O)O.CP(=O)(O)OCC1OCCC[C@@H]1OC(=O)CCC1=C(OCc2cccc(Oc3ccccc3)c2)CCC=C1. The van der Waals surface area contributed by atoms with Crippen molar-refractivity contribution in [2.24, 2.45) is 5.92 Å². The third kappa shape index (κ3) is 14.5. The van der Waals surface area contributed by atoms with Crippen molar-refractivity contribution in [3.8, 4) is 11.5 Å². The molecule has 0 bridgehead atoms. The molecule has 0 radical (unpaired) electrons. The molecule has 1 aliphatic carbocycles. The third-order valence-corrected chi connectivity index (χ3v) is 7.46. The summed E-state index contributed by atoms with van der Waals surface area (Å²) in [4.78, 5) is 31.9. The molecule has 10 nitrogen and oxygen atoms in total. The number of ether oxygens (including phenoxy) is 4. The maximum atomic E-state index is 12.7. The van der Waals surface area contributed by atoms with Crippen molar-refractivity contribution in [3.05, 3.63) is 83.6 Å². The normalized spacial score (nSPS) is 19.2. The largest absolute Gasteiger partial charge is 0.493 e. The van der Waals surface area contributed by atoms with Crippen LogP contribution in [0.3, 0.4) is 0 Å². The first-order valence-electron chi connectivity index (χ1n) is 15.3. The molecule has 0 saturated carbocycles. The number of carboxylic acid groups (broad SMARTS) is 1. The fourth-order valence-corrected chi connectivity index (χ4v) is 5.13. The van der Waals surface area contributed by atoms with Crippen LogP contribution in [-0.2, 0) is 39.5 Å². The Morgan fingerprint density at radius 2 is 1.84 bits per heavy atom. The molecule has 0 amide bonds. The Morgan fingerprint density at radius 1 is 1.09 bits per heavy atom. The fraction of sp³-hybridized carbons (Fsp3) is 0.471. The highest BCUT2D eigenvalue weighted by Crippen LogP contribution is 2.37. The van der Waals surface area contributed by atoms with Crippen LogP contribution in [0.15, 0.2) is 78.1 Å². The zero-order valence-electron chi connectivity index (χ0n) is 26.3. The van der Waals surface area contributed by atoms with Crippen molar-refractivity contribution in [1.82, 2.24) is 0 Å². The van der Waals surface area contributed by atoms with E-state index in [0.29, 0.717) is 26.1 Å². The molecule has 2 N–H and O–H groups in total. The summed E-state index contributed by atoms with van der Waals surface area (Å²) in [6, 6.07) is 17.4. The van der Waals surface area contributed by atoms with Gasteiger partial charge in [-0.2, -0.15) is 0 Å². The lowest BCUT2D eigenvalue weighted by Crippen LogP contribution is -2.40. The third-order valence-electron chi connectivity index (χ3n) is 6.83. The molecule has 0 aromatic heterocycles. The topological polar surface area (TPSA) is 138 Å². The van der Waals surface area contributed by atoms with Crippen LogP contribution in [-0.4, -0.2) is 54.0 Å². The molecular weight excluding hydrogens is 599 g/mol. The van der Waals surface area contributed by atoms with Gasteiger partial charge < -0.3 is 33.5 Å². The van der Waals surface area contributed by atoms with E-state index in [4.69, 9.17) is 28.6 Å². The minimum atomic E-state index is -3.63. The predicted molar refractivity (Wildman–Crippen MR) is 170 cm³/mol. The minimum Gasteiger partial charge on any atom is -0.493 e. The van der Waals surface area contributed by atoms with Crippen LogP contribution < -0.4 is 4.74 Å². The van der Waals surface area contributed by atoms with E-state index in [2.05, 4.69) is 6.08 Å². The predicted octanol–water partition coefficient (Wildman–Crippen LogP) is 7.42. The number of benzene rings is 2. The maximum absolute atomic E-state index is 12.7. The van der Waals surface area contributed by atoms with Crippen molar-refractivity contribution in [3.63, 3.8) is 0 Å². The van der Waals surface area contributed by atoms with E-state index >= 15 is 0 Å². The first-order chi connectivity index (χ1) is 21.5. The minimum absolute atomic E-state index is 0.0916. The lowest BCUT2D eigenvalue weighted by molar-refractivity contribution is -0.166. The number of carbonyl (C=O) groups excluding carboxylic acids is 1. The average Bonchev–Trinajstić information content (AvgIpc) is 2.99. The van der Waals surface area contributed by atoms with Crippen LogP contribution in [0.5, 0.6) is 11.5 Å². The summed E-state index contributed by atoms with van der Waals surface area (Å²) in [6.07, 6.45) is 7.05. The van der Waals surface area contributed by atoms with Crippen LogP contribution in [0.4, 0.5) is 0 Å². The van der Waals surface area contributed by atoms with Gasteiger partial charge in [-0.3, -0.25) is 14.2 Å². The number of hydrogen-bond acceptors (Lipinski definition) is 8. The van der Waals surface area contributed by atoms with E-state index in [9.17, 15) is 19.0 Å². The van der Waals surface area contributed by atoms with E-state index in [-0.39, 0.29) is 31.3 Å². The molecule has 1 fully saturated rings. The summed E-state index contributed by atoms with van der Waals surface area (Å²) in [5.41, 5.74) is 1.97. The van der Waals surface area contributed by atoms with Crippen molar-refractivity contribution >= 4 is 19.5 Å². The molecule has 1 aliphatic heterocycles. The first kappa shape index (κ1) is 36.0. The second kappa shape index (κ2) is 18.5. The number of rotatable bonds is 14. The molecule has 4 rings (SSSR count). The lowest BCUT2D eigenvalue weighted by Gasteiger charge is -2.31. The molecule has 1 heterocycles. The second-order valence-electron chi connectivity index (χ2n) is 11.4. The van der Waals surface area contributed by atoms with Gasteiger partial charge in [0.05, 0.1) is 12.4 Å². The Kier molecular flexibility index (Phi) is 14.8. The zero-order valence-corrected chi connectivity index (χ0v) is 27.2. The lowest BCUT2D eigenvalue weighted by atomic mass is 10.0. The van der Waals surface area contributed by atoms with Gasteiger partial charge in [0.1, 0.15) is 30.3 Å². The van der Waals surface area contributed by atoms with E-state index < -0.39 is 25.8 Å². The summed E-state index contributed by atoms with van der Waals surface area (Å²) in [7, 11) is -3.63. The van der Waals surface area contributed by atoms with Crippen LogP contribution in [0, 0.1) is 5.92 Å². The van der Waals surface area contributed by atoms with E-state index in [1.54, 1.807) is 0 Å². The Balaban J connectivity index is 0.000000707. The molecule has 1 saturated heterocycles. The van der Waals surface area contributed by atoms with Gasteiger partial charge >= 0.3 is 19.5 Å².